The molecular formula is C33H40O20. The van der Waals surface area contributed by atoms with Crippen LogP contribution in [0.4, 0.5) is 0 Å². The molecular weight excluding hydrogens is 716 g/mol. The lowest BCUT2D eigenvalue weighted by molar-refractivity contribution is -0.318. The van der Waals surface area contributed by atoms with E-state index in [4.69, 9.17) is 32.8 Å². The average Bonchev–Trinajstić information content (AvgIpc) is 3.13. The second-order valence-electron chi connectivity index (χ2n) is 12.9. The van der Waals surface area contributed by atoms with Crippen molar-refractivity contribution < 1.29 is 94.1 Å². The summed E-state index contributed by atoms with van der Waals surface area (Å²) in [7, 11) is 0. The van der Waals surface area contributed by atoms with Crippen LogP contribution in [0.3, 0.4) is 0 Å². The summed E-state index contributed by atoms with van der Waals surface area (Å²) in [5, 5.41) is 123. The first-order valence-corrected chi connectivity index (χ1v) is 16.4. The van der Waals surface area contributed by atoms with Crippen molar-refractivity contribution in [3.8, 4) is 34.3 Å². The van der Waals surface area contributed by atoms with Crippen molar-refractivity contribution in [3.05, 3.63) is 46.6 Å². The average molecular weight is 757 g/mol. The normalized spacial score (nSPS) is 37.8. The fourth-order valence-corrected chi connectivity index (χ4v) is 6.14. The molecule has 0 bridgehead atoms. The Balaban J connectivity index is 1.32. The van der Waals surface area contributed by atoms with Gasteiger partial charge in [-0.15, -0.1) is 0 Å². The molecule has 20 heteroatoms. The van der Waals surface area contributed by atoms with E-state index in [1.54, 1.807) is 0 Å². The minimum absolute atomic E-state index is 0.112. The number of ether oxygens (including phenoxy) is 6. The Hall–Kier alpha value is -3.71. The molecule has 292 valence electrons. The van der Waals surface area contributed by atoms with Gasteiger partial charge in [-0.1, -0.05) is 0 Å². The zero-order chi connectivity index (χ0) is 38.5. The number of aliphatic hydroxyl groups excluding tert-OH is 10. The number of aromatic hydroxyl groups is 2. The second kappa shape index (κ2) is 15.6. The molecule has 12 N–H and O–H groups in total. The molecule has 4 heterocycles. The Morgan fingerprint density at radius 2 is 1.23 bits per heavy atom. The zero-order valence-corrected chi connectivity index (χ0v) is 27.7. The number of rotatable bonds is 9. The Morgan fingerprint density at radius 3 is 1.87 bits per heavy atom. The zero-order valence-electron chi connectivity index (χ0n) is 27.7. The van der Waals surface area contributed by atoms with E-state index in [9.17, 15) is 66.1 Å². The third kappa shape index (κ3) is 7.52. The summed E-state index contributed by atoms with van der Waals surface area (Å²) in [5.74, 6) is -2.21. The maximum absolute atomic E-state index is 14.0. The molecule has 3 aliphatic rings. The van der Waals surface area contributed by atoms with E-state index in [1.165, 1.54) is 31.2 Å². The minimum atomic E-state index is -2.00. The highest BCUT2D eigenvalue weighted by Crippen LogP contribution is 2.39. The van der Waals surface area contributed by atoms with Crippen LogP contribution in [0, 0.1) is 0 Å². The third-order valence-corrected chi connectivity index (χ3v) is 9.27. The molecule has 0 saturated carbocycles. The van der Waals surface area contributed by atoms with Crippen LogP contribution in [0.2, 0.25) is 0 Å². The maximum Gasteiger partial charge on any atom is 0.239 e. The van der Waals surface area contributed by atoms with Crippen molar-refractivity contribution in [2.24, 2.45) is 0 Å². The van der Waals surface area contributed by atoms with Gasteiger partial charge in [-0.05, 0) is 31.2 Å². The number of hydrogen-bond donors (Lipinski definition) is 12. The standard InChI is InChI=1S/C33H40O20/c1-10-19(37)23(41)26(44)31(48-10)47-9-17-21(39)25(43)28(46)33(52-17)53-30-22(40)18-14(36)6-13(49-32-27(45)24(42)20(38)16(8-34)51-32)7-15(18)50-29(30)11-2-4-12(35)5-3-11/h2-7,10,16-17,19-21,23-28,31-39,41-46H,8-9H2,1H3/t10-,16-,17-,19-,20-,21-,23-,24-,25-,26+,27-,28-,31+,32-,33-/m0/s1. The first-order chi connectivity index (χ1) is 25.1. The van der Waals surface area contributed by atoms with Crippen LogP contribution in [-0.4, -0.2) is 167 Å². The van der Waals surface area contributed by atoms with Crippen molar-refractivity contribution in [1.82, 2.24) is 0 Å². The molecule has 3 aliphatic heterocycles. The van der Waals surface area contributed by atoms with Gasteiger partial charge in [-0.2, -0.15) is 0 Å². The van der Waals surface area contributed by atoms with E-state index in [0.29, 0.717) is 0 Å². The van der Waals surface area contributed by atoms with Crippen LogP contribution in [0.25, 0.3) is 22.3 Å². The molecule has 15 atom stereocenters. The number of benzene rings is 2. The van der Waals surface area contributed by atoms with Gasteiger partial charge >= 0.3 is 0 Å². The van der Waals surface area contributed by atoms with Crippen molar-refractivity contribution >= 4 is 11.0 Å². The van der Waals surface area contributed by atoms with Crippen LogP contribution in [0.5, 0.6) is 23.0 Å². The molecule has 2 aromatic carbocycles. The molecule has 1 aromatic heterocycles. The highest BCUT2D eigenvalue weighted by molar-refractivity contribution is 5.88. The molecule has 0 unspecified atom stereocenters. The monoisotopic (exact) mass is 756 g/mol. The van der Waals surface area contributed by atoms with Gasteiger partial charge in [0.25, 0.3) is 0 Å². The summed E-state index contributed by atoms with van der Waals surface area (Å²) in [6, 6.07) is 7.20. The van der Waals surface area contributed by atoms with Gasteiger partial charge in [-0.3, -0.25) is 4.79 Å². The molecule has 0 radical (unpaired) electrons. The Kier molecular flexibility index (Phi) is 11.5. The lowest BCUT2D eigenvalue weighted by Crippen LogP contribution is -2.61. The highest BCUT2D eigenvalue weighted by atomic mass is 16.7. The molecule has 0 amide bonds. The SMILES string of the molecule is C[C@@H]1O[C@@H](OC[C@@H]2O[C@@H](Oc3c(-c4ccc(O)cc4)oc4cc(O[C@H]5O[C@@H](CO)[C@H](O)[C@H](O)[C@@H]5O)cc(O)c4c3=O)[C@@H](O)[C@@H](O)[C@H]2O)[C@H](O)[C@@H](O)[C@H]1O. The van der Waals surface area contributed by atoms with Crippen molar-refractivity contribution in [2.45, 2.75) is 99.0 Å². The van der Waals surface area contributed by atoms with Crippen LogP contribution in [0.1, 0.15) is 6.92 Å². The van der Waals surface area contributed by atoms with Gasteiger partial charge in [0.15, 0.2) is 12.1 Å². The second-order valence-corrected chi connectivity index (χ2v) is 12.9. The topological polar surface area (TPSA) is 328 Å². The van der Waals surface area contributed by atoms with Crippen LogP contribution in [0.15, 0.2) is 45.6 Å². The number of aliphatic hydroxyl groups is 10. The Labute approximate surface area is 298 Å². The highest BCUT2D eigenvalue weighted by Gasteiger charge is 2.48. The van der Waals surface area contributed by atoms with Gasteiger partial charge < -0.3 is 94.1 Å². The first kappa shape index (κ1) is 39.0. The van der Waals surface area contributed by atoms with Crippen molar-refractivity contribution in [2.75, 3.05) is 13.2 Å². The number of hydrogen-bond acceptors (Lipinski definition) is 20. The molecule has 53 heavy (non-hydrogen) atoms. The molecule has 20 nitrogen and oxygen atoms in total. The predicted molar refractivity (Wildman–Crippen MR) is 171 cm³/mol. The van der Waals surface area contributed by atoms with Gasteiger partial charge in [0, 0.05) is 17.7 Å². The van der Waals surface area contributed by atoms with E-state index in [-0.39, 0.29) is 28.4 Å². The largest absolute Gasteiger partial charge is 0.508 e. The smallest absolute Gasteiger partial charge is 0.239 e. The van der Waals surface area contributed by atoms with Crippen LogP contribution >= 0.6 is 0 Å². The maximum atomic E-state index is 14.0. The summed E-state index contributed by atoms with van der Waals surface area (Å²) < 4.78 is 39.3. The van der Waals surface area contributed by atoms with Gasteiger partial charge in [0.2, 0.25) is 23.8 Å². The lowest BCUT2D eigenvalue weighted by atomic mass is 9.98. The number of phenolic OH excluding ortho intramolecular Hbond substituents is 2. The first-order valence-electron chi connectivity index (χ1n) is 16.4. The molecule has 3 fully saturated rings. The van der Waals surface area contributed by atoms with E-state index in [1.807, 2.05) is 0 Å². The van der Waals surface area contributed by atoms with Crippen LogP contribution < -0.4 is 14.9 Å². The lowest BCUT2D eigenvalue weighted by Gasteiger charge is -2.42. The fraction of sp³-hybridized carbons (Fsp3) is 0.545. The quantitative estimate of drug-likeness (QED) is 0.0992. The molecule has 0 spiro atoms. The number of fused-ring (bicyclic) bond motifs is 1. The van der Waals surface area contributed by atoms with Gasteiger partial charge in [0.1, 0.15) is 95.4 Å². The van der Waals surface area contributed by atoms with Crippen LogP contribution in [-0.2, 0) is 18.9 Å². The summed E-state index contributed by atoms with van der Waals surface area (Å²) in [4.78, 5) is 14.0. The predicted octanol–water partition coefficient (Wildman–Crippen LogP) is -3.92. The minimum Gasteiger partial charge on any atom is -0.508 e. The Morgan fingerprint density at radius 1 is 0.660 bits per heavy atom. The summed E-state index contributed by atoms with van der Waals surface area (Å²) in [5.41, 5.74) is -1.26. The fourth-order valence-electron chi connectivity index (χ4n) is 6.14. The van der Waals surface area contributed by atoms with E-state index in [2.05, 4.69) is 0 Å². The molecule has 0 aliphatic carbocycles. The molecule has 3 aromatic rings. The van der Waals surface area contributed by atoms with Gasteiger partial charge in [0.05, 0.1) is 19.3 Å². The molecule has 3 saturated heterocycles. The van der Waals surface area contributed by atoms with Crippen molar-refractivity contribution in [1.29, 1.82) is 0 Å². The summed E-state index contributed by atoms with van der Waals surface area (Å²) in [6.07, 6.45) is -24.7. The summed E-state index contributed by atoms with van der Waals surface area (Å²) >= 11 is 0. The van der Waals surface area contributed by atoms with E-state index >= 15 is 0 Å². The van der Waals surface area contributed by atoms with Crippen molar-refractivity contribution in [3.63, 3.8) is 0 Å². The molecule has 6 rings (SSSR count). The summed E-state index contributed by atoms with van der Waals surface area (Å²) in [6.45, 7) is 0.0485. The third-order valence-electron chi connectivity index (χ3n) is 9.27. The number of phenols is 2. The Bertz CT molecular complexity index is 1780. The van der Waals surface area contributed by atoms with E-state index < -0.39 is 128 Å². The van der Waals surface area contributed by atoms with E-state index in [0.717, 1.165) is 12.1 Å². The van der Waals surface area contributed by atoms with Gasteiger partial charge in [-0.25, -0.2) is 0 Å².